The summed E-state index contributed by atoms with van der Waals surface area (Å²) in [5.41, 5.74) is 0. The summed E-state index contributed by atoms with van der Waals surface area (Å²) in [4.78, 5) is 0. The highest BCUT2D eigenvalue weighted by Crippen LogP contribution is 2.36. The molecule has 0 amide bonds. The number of rotatable bonds is 5. The fourth-order valence-corrected chi connectivity index (χ4v) is 3.83. The average Bonchev–Trinajstić information content (AvgIpc) is 2.41. The summed E-state index contributed by atoms with van der Waals surface area (Å²) < 4.78 is 5.62. The summed E-state index contributed by atoms with van der Waals surface area (Å²) in [7, 11) is 0. The third-order valence-electron chi connectivity index (χ3n) is 4.68. The molecule has 0 aliphatic heterocycles. The molecule has 0 aromatic carbocycles. The molecule has 2 rings (SSSR count). The van der Waals surface area contributed by atoms with Crippen molar-refractivity contribution in [1.29, 1.82) is 0 Å². The lowest BCUT2D eigenvalue weighted by Crippen LogP contribution is -2.25. The third kappa shape index (κ3) is 4.71. The van der Waals surface area contributed by atoms with E-state index in [0.717, 1.165) is 11.8 Å². The molecule has 0 heterocycles. The quantitative estimate of drug-likeness (QED) is 0.774. The van der Waals surface area contributed by atoms with Crippen LogP contribution < -0.4 is 0 Å². The van der Waals surface area contributed by atoms with Gasteiger partial charge in [0.15, 0.2) is 0 Å². The maximum atomic E-state index is 8.75. The smallest absolute Gasteiger partial charge is 0.0701 e. The monoisotopic (exact) mass is 274 g/mol. The molecule has 106 valence electrons. The van der Waals surface area contributed by atoms with Crippen LogP contribution in [0, 0.1) is 11.8 Å². The second-order valence-corrected chi connectivity index (χ2v) is 6.71. The average molecular weight is 275 g/mol. The largest absolute Gasteiger partial charge is 0.394 e. The van der Waals surface area contributed by atoms with E-state index in [2.05, 4.69) is 0 Å². The van der Waals surface area contributed by atoms with Gasteiger partial charge in [-0.15, -0.1) is 11.6 Å². The summed E-state index contributed by atoms with van der Waals surface area (Å²) in [6.07, 6.45) is 12.0. The zero-order valence-corrected chi connectivity index (χ0v) is 12.1. The Bertz CT molecular complexity index is 219. The van der Waals surface area contributed by atoms with Crippen LogP contribution in [-0.4, -0.2) is 29.8 Å². The van der Waals surface area contributed by atoms with Gasteiger partial charge in [-0.05, 0) is 69.6 Å². The molecule has 3 heteroatoms. The number of ether oxygens (including phenoxy) is 1. The van der Waals surface area contributed by atoms with Crippen LogP contribution in [0.5, 0.6) is 0 Å². The van der Waals surface area contributed by atoms with Crippen LogP contribution in [0.2, 0.25) is 0 Å². The van der Waals surface area contributed by atoms with E-state index in [1.807, 2.05) is 0 Å². The molecule has 0 unspecified atom stereocenters. The van der Waals surface area contributed by atoms with Gasteiger partial charge in [-0.2, -0.15) is 0 Å². The SMILES string of the molecule is OCCOC1CCC(CC2CCC(Cl)CC2)CC1. The highest BCUT2D eigenvalue weighted by Gasteiger charge is 2.26. The summed E-state index contributed by atoms with van der Waals surface area (Å²) in [5.74, 6) is 1.84. The number of aliphatic hydroxyl groups excluding tert-OH is 1. The predicted molar refractivity (Wildman–Crippen MR) is 75.0 cm³/mol. The first-order valence-corrected chi connectivity index (χ1v) is 8.08. The predicted octanol–water partition coefficient (Wildman–Crippen LogP) is 3.74. The Morgan fingerprint density at radius 3 is 2.00 bits per heavy atom. The molecule has 0 aromatic heterocycles. The van der Waals surface area contributed by atoms with Crippen molar-refractivity contribution in [3.05, 3.63) is 0 Å². The van der Waals surface area contributed by atoms with Crippen LogP contribution in [0.4, 0.5) is 0 Å². The molecular weight excluding hydrogens is 248 g/mol. The fraction of sp³-hybridized carbons (Fsp3) is 1.00. The topological polar surface area (TPSA) is 29.5 Å². The van der Waals surface area contributed by atoms with Gasteiger partial charge >= 0.3 is 0 Å². The summed E-state index contributed by atoms with van der Waals surface area (Å²) in [6, 6.07) is 0. The summed E-state index contributed by atoms with van der Waals surface area (Å²) in [5, 5.41) is 9.20. The van der Waals surface area contributed by atoms with Gasteiger partial charge in [0.1, 0.15) is 0 Å². The standard InChI is InChI=1S/C15H27ClO2/c16-14-5-1-12(2-6-14)11-13-3-7-15(8-4-13)18-10-9-17/h12-15,17H,1-11H2. The first-order valence-electron chi connectivity index (χ1n) is 7.64. The van der Waals surface area contributed by atoms with E-state index < -0.39 is 0 Å². The lowest BCUT2D eigenvalue weighted by Gasteiger charge is -2.33. The van der Waals surface area contributed by atoms with Gasteiger partial charge in [0.2, 0.25) is 0 Å². The second kappa shape index (κ2) is 7.72. The van der Waals surface area contributed by atoms with Crippen molar-refractivity contribution in [2.45, 2.75) is 69.3 Å². The van der Waals surface area contributed by atoms with Crippen molar-refractivity contribution in [1.82, 2.24) is 0 Å². The first-order chi connectivity index (χ1) is 8.78. The van der Waals surface area contributed by atoms with Crippen molar-refractivity contribution in [2.24, 2.45) is 11.8 Å². The van der Waals surface area contributed by atoms with Crippen molar-refractivity contribution < 1.29 is 9.84 Å². The molecule has 2 aliphatic rings. The van der Waals surface area contributed by atoms with Crippen LogP contribution in [0.1, 0.15) is 57.8 Å². The molecule has 0 radical (unpaired) electrons. The molecule has 0 saturated heterocycles. The first kappa shape index (κ1) is 14.6. The second-order valence-electron chi connectivity index (χ2n) is 6.09. The fourth-order valence-electron chi connectivity index (χ4n) is 3.58. The van der Waals surface area contributed by atoms with Crippen LogP contribution in [0.25, 0.3) is 0 Å². The Kier molecular flexibility index (Phi) is 6.26. The molecule has 2 fully saturated rings. The molecule has 2 nitrogen and oxygen atoms in total. The zero-order valence-electron chi connectivity index (χ0n) is 11.3. The maximum Gasteiger partial charge on any atom is 0.0701 e. The van der Waals surface area contributed by atoms with Crippen LogP contribution in [0.15, 0.2) is 0 Å². The van der Waals surface area contributed by atoms with Gasteiger partial charge in [-0.25, -0.2) is 0 Å². The number of hydrogen-bond donors (Lipinski definition) is 1. The zero-order chi connectivity index (χ0) is 12.8. The normalized spacial score (nSPS) is 37.7. The lowest BCUT2D eigenvalue weighted by atomic mass is 9.77. The van der Waals surface area contributed by atoms with E-state index in [1.54, 1.807) is 0 Å². The van der Waals surface area contributed by atoms with Gasteiger partial charge in [0.25, 0.3) is 0 Å². The maximum absolute atomic E-state index is 8.75. The van der Waals surface area contributed by atoms with Crippen LogP contribution in [0.3, 0.4) is 0 Å². The van der Waals surface area contributed by atoms with Gasteiger partial charge in [-0.3, -0.25) is 0 Å². The Labute approximate surface area is 116 Å². The van der Waals surface area contributed by atoms with E-state index >= 15 is 0 Å². The van der Waals surface area contributed by atoms with Crippen molar-refractivity contribution in [3.63, 3.8) is 0 Å². The lowest BCUT2D eigenvalue weighted by molar-refractivity contribution is -0.00191. The molecule has 0 aromatic rings. The Morgan fingerprint density at radius 2 is 1.44 bits per heavy atom. The van der Waals surface area contributed by atoms with Crippen molar-refractivity contribution in [2.75, 3.05) is 13.2 Å². The highest BCUT2D eigenvalue weighted by molar-refractivity contribution is 6.20. The van der Waals surface area contributed by atoms with E-state index in [-0.39, 0.29) is 6.61 Å². The molecule has 0 bridgehead atoms. The summed E-state index contributed by atoms with van der Waals surface area (Å²) in [6.45, 7) is 0.663. The van der Waals surface area contributed by atoms with Gasteiger partial charge in [0.05, 0.1) is 19.3 Å². The molecule has 0 atom stereocenters. The van der Waals surface area contributed by atoms with E-state index in [9.17, 15) is 0 Å². The van der Waals surface area contributed by atoms with Crippen LogP contribution in [-0.2, 0) is 4.74 Å². The Morgan fingerprint density at radius 1 is 0.889 bits per heavy atom. The third-order valence-corrected chi connectivity index (χ3v) is 5.12. The summed E-state index contributed by atoms with van der Waals surface area (Å²) >= 11 is 6.16. The highest BCUT2D eigenvalue weighted by atomic mass is 35.5. The number of hydrogen-bond acceptors (Lipinski definition) is 2. The van der Waals surface area contributed by atoms with Crippen LogP contribution >= 0.6 is 11.6 Å². The molecule has 2 aliphatic carbocycles. The number of aliphatic hydroxyl groups is 1. The molecule has 2 saturated carbocycles. The molecule has 1 N–H and O–H groups in total. The number of alkyl halides is 1. The molecule has 18 heavy (non-hydrogen) atoms. The van der Waals surface area contributed by atoms with Crippen molar-refractivity contribution in [3.8, 4) is 0 Å². The van der Waals surface area contributed by atoms with Gasteiger partial charge in [0, 0.05) is 5.38 Å². The van der Waals surface area contributed by atoms with Gasteiger partial charge < -0.3 is 9.84 Å². The van der Waals surface area contributed by atoms with E-state index in [1.165, 1.54) is 57.8 Å². The van der Waals surface area contributed by atoms with Crippen molar-refractivity contribution >= 4 is 11.6 Å². The number of halogens is 1. The van der Waals surface area contributed by atoms with E-state index in [0.29, 0.717) is 18.1 Å². The molecular formula is C15H27ClO2. The van der Waals surface area contributed by atoms with E-state index in [4.69, 9.17) is 21.4 Å². The Hall–Kier alpha value is 0.210. The minimum absolute atomic E-state index is 0.154. The van der Waals surface area contributed by atoms with Gasteiger partial charge in [-0.1, -0.05) is 0 Å². The minimum atomic E-state index is 0.154. The minimum Gasteiger partial charge on any atom is -0.394 e. The Balaban J connectivity index is 1.61. The molecule has 0 spiro atoms.